The van der Waals surface area contributed by atoms with E-state index in [1.54, 1.807) is 0 Å². The Morgan fingerprint density at radius 1 is 0.311 bits per heavy atom. The molecule has 1 N–H and O–H groups in total. The Kier molecular flexibility index (Phi) is 58.1. The minimum atomic E-state index is -0.802. The fourth-order valence-corrected chi connectivity index (χ4v) is 7.37. The van der Waals surface area contributed by atoms with Crippen LogP contribution in [0, 0.1) is 0 Å². The lowest BCUT2D eigenvalue weighted by atomic mass is 10.1. The van der Waals surface area contributed by atoms with Crippen molar-refractivity contribution < 1.29 is 24.2 Å². The first kappa shape index (κ1) is 69.0. The van der Waals surface area contributed by atoms with Crippen molar-refractivity contribution in [3.63, 3.8) is 0 Å². The van der Waals surface area contributed by atoms with Gasteiger partial charge in [0.15, 0.2) is 6.10 Å². The highest BCUT2D eigenvalue weighted by atomic mass is 16.6. The van der Waals surface area contributed by atoms with Gasteiger partial charge in [-0.3, -0.25) is 9.59 Å². The zero-order valence-electron chi connectivity index (χ0n) is 47.0. The number of esters is 2. The van der Waals surface area contributed by atoms with Gasteiger partial charge in [-0.2, -0.15) is 0 Å². The highest BCUT2D eigenvalue weighted by molar-refractivity contribution is 5.70. The van der Waals surface area contributed by atoms with E-state index in [2.05, 4.69) is 196 Å². The third-order valence-electron chi connectivity index (χ3n) is 11.7. The van der Waals surface area contributed by atoms with E-state index in [0.717, 1.165) is 161 Å². The quantitative estimate of drug-likeness (QED) is 0.0373. The summed E-state index contributed by atoms with van der Waals surface area (Å²) >= 11 is 0. The van der Waals surface area contributed by atoms with Crippen molar-refractivity contribution in [1.82, 2.24) is 0 Å². The standard InChI is InChI=1S/C69H106O5/c1-3-5-7-9-11-13-15-17-19-21-23-25-27-29-31-32-33-34-35-36-38-40-42-44-46-48-50-52-54-56-58-60-62-64-69(72)74-67(65-70)66-73-68(71)63-61-59-57-55-53-51-49-47-45-43-41-39-37-30-28-26-24-22-20-18-16-14-12-10-8-6-4-2/h5-8,11-14,17-20,23-26,29-31,33-34,36-38,41-44,47,49,67,70H,3-4,9-10,15-16,21-22,27-28,32,35,39-40,45-46,48,50-66H2,1-2H3/b7-5-,8-6-,13-11-,14-12-,19-17-,20-18-,25-23-,26-24-,31-29-,34-33-,37-30-,38-36-,43-41-,44-42-,49-47-. The zero-order chi connectivity index (χ0) is 53.4. The number of rotatable bonds is 51. The van der Waals surface area contributed by atoms with E-state index < -0.39 is 6.10 Å². The van der Waals surface area contributed by atoms with Gasteiger partial charge >= 0.3 is 11.9 Å². The average molecular weight is 1020 g/mol. The van der Waals surface area contributed by atoms with E-state index in [4.69, 9.17) is 9.47 Å². The maximum atomic E-state index is 12.3. The number of aliphatic hydroxyl groups is 1. The van der Waals surface area contributed by atoms with E-state index in [-0.39, 0.29) is 25.2 Å². The molecule has 0 bridgehead atoms. The monoisotopic (exact) mass is 1010 g/mol. The van der Waals surface area contributed by atoms with Gasteiger partial charge in [-0.25, -0.2) is 0 Å². The van der Waals surface area contributed by atoms with Gasteiger partial charge in [-0.05, 0) is 135 Å². The van der Waals surface area contributed by atoms with Crippen LogP contribution in [0.5, 0.6) is 0 Å². The molecule has 0 fully saturated rings. The predicted molar refractivity (Wildman–Crippen MR) is 324 cm³/mol. The van der Waals surface area contributed by atoms with Crippen molar-refractivity contribution in [2.45, 2.75) is 225 Å². The number of carbonyl (C=O) groups is 2. The molecule has 1 unspecified atom stereocenters. The molecule has 5 heteroatoms. The van der Waals surface area contributed by atoms with Crippen molar-refractivity contribution in [3.8, 4) is 0 Å². The van der Waals surface area contributed by atoms with Crippen LogP contribution in [0.1, 0.15) is 219 Å². The molecule has 0 amide bonds. The van der Waals surface area contributed by atoms with Crippen molar-refractivity contribution >= 4 is 11.9 Å². The van der Waals surface area contributed by atoms with Crippen LogP contribution < -0.4 is 0 Å². The number of aliphatic hydroxyl groups excluding tert-OH is 1. The number of ether oxygens (including phenoxy) is 2. The fourth-order valence-electron chi connectivity index (χ4n) is 7.37. The molecule has 0 saturated heterocycles. The van der Waals surface area contributed by atoms with E-state index >= 15 is 0 Å². The van der Waals surface area contributed by atoms with Crippen LogP contribution >= 0.6 is 0 Å². The second-order valence-electron chi connectivity index (χ2n) is 18.6. The second kappa shape index (κ2) is 62.3. The third-order valence-corrected chi connectivity index (χ3v) is 11.7. The van der Waals surface area contributed by atoms with Gasteiger partial charge in [-0.1, -0.05) is 254 Å². The van der Waals surface area contributed by atoms with Crippen molar-refractivity contribution in [2.24, 2.45) is 0 Å². The molecule has 0 aliphatic carbocycles. The third kappa shape index (κ3) is 59.6. The van der Waals surface area contributed by atoms with E-state index in [9.17, 15) is 14.7 Å². The van der Waals surface area contributed by atoms with Crippen LogP contribution in [0.25, 0.3) is 0 Å². The molecule has 0 rings (SSSR count). The van der Waals surface area contributed by atoms with Crippen LogP contribution in [0.4, 0.5) is 0 Å². The van der Waals surface area contributed by atoms with Crippen LogP contribution in [0.3, 0.4) is 0 Å². The molecule has 0 radical (unpaired) electrons. The molecule has 0 aromatic carbocycles. The lowest BCUT2D eigenvalue weighted by Gasteiger charge is -2.15. The molecule has 5 nitrogen and oxygen atoms in total. The summed E-state index contributed by atoms with van der Waals surface area (Å²) in [7, 11) is 0. The predicted octanol–water partition coefficient (Wildman–Crippen LogP) is 20.3. The Labute approximate surface area is 455 Å². The van der Waals surface area contributed by atoms with Crippen molar-refractivity contribution in [1.29, 1.82) is 0 Å². The summed E-state index contributed by atoms with van der Waals surface area (Å²) in [5, 5.41) is 9.67. The summed E-state index contributed by atoms with van der Waals surface area (Å²) in [6, 6.07) is 0. The molecule has 0 aromatic heterocycles. The molecule has 0 heterocycles. The Hall–Kier alpha value is -5.00. The van der Waals surface area contributed by atoms with Gasteiger partial charge < -0.3 is 14.6 Å². The topological polar surface area (TPSA) is 72.8 Å². The SMILES string of the molecule is CC/C=C\C/C=C\C/C=C\C/C=C\C/C=C\C/C=C\C/C=C\C/C=C\CCCCCCCCCCC(=O)OC(CO)COC(=O)CCCCCCC/C=C\C/C=C\C/C=C\C/C=C\C/C=C\C/C=C\C/C=C\CC. The summed E-state index contributed by atoms with van der Waals surface area (Å²) in [4.78, 5) is 24.6. The first-order valence-corrected chi connectivity index (χ1v) is 29.3. The van der Waals surface area contributed by atoms with Crippen LogP contribution in [0.2, 0.25) is 0 Å². The summed E-state index contributed by atoms with van der Waals surface area (Å²) < 4.78 is 10.7. The van der Waals surface area contributed by atoms with Crippen molar-refractivity contribution in [2.75, 3.05) is 13.2 Å². The molecule has 0 aliphatic rings. The first-order chi connectivity index (χ1) is 36.6. The van der Waals surface area contributed by atoms with Crippen LogP contribution in [0.15, 0.2) is 182 Å². The number of unbranched alkanes of at least 4 members (excludes halogenated alkanes) is 13. The molecule has 74 heavy (non-hydrogen) atoms. The van der Waals surface area contributed by atoms with Gasteiger partial charge in [0.05, 0.1) is 6.61 Å². The summed E-state index contributed by atoms with van der Waals surface area (Å²) in [6.07, 6.45) is 98.5. The Bertz CT molecular complexity index is 1720. The van der Waals surface area contributed by atoms with E-state index in [0.29, 0.717) is 12.8 Å². The lowest BCUT2D eigenvalue weighted by Crippen LogP contribution is -2.28. The smallest absolute Gasteiger partial charge is 0.306 e. The highest BCUT2D eigenvalue weighted by Gasteiger charge is 2.16. The Balaban J connectivity index is 3.65. The second-order valence-corrected chi connectivity index (χ2v) is 18.6. The molecular formula is C69H106O5. The minimum absolute atomic E-state index is 0.0927. The average Bonchev–Trinajstić information content (AvgIpc) is 3.40. The number of carbonyl (C=O) groups excluding carboxylic acids is 2. The molecule has 0 spiro atoms. The van der Waals surface area contributed by atoms with Gasteiger partial charge in [0.1, 0.15) is 6.61 Å². The normalized spacial score (nSPS) is 13.6. The number of hydrogen-bond donors (Lipinski definition) is 1. The maximum Gasteiger partial charge on any atom is 0.306 e. The maximum absolute atomic E-state index is 12.3. The number of allylic oxidation sites excluding steroid dienone is 30. The number of hydrogen-bond acceptors (Lipinski definition) is 5. The molecular weight excluding hydrogens is 909 g/mol. The van der Waals surface area contributed by atoms with E-state index in [1.807, 2.05) is 0 Å². The minimum Gasteiger partial charge on any atom is -0.462 e. The fraction of sp³-hybridized carbons (Fsp3) is 0.536. The Morgan fingerprint density at radius 3 is 0.811 bits per heavy atom. The summed E-state index contributed by atoms with van der Waals surface area (Å²) in [5.74, 6) is -0.637. The van der Waals surface area contributed by atoms with Gasteiger partial charge in [-0.15, -0.1) is 0 Å². The van der Waals surface area contributed by atoms with Gasteiger partial charge in [0.2, 0.25) is 0 Å². The summed E-state index contributed by atoms with van der Waals surface area (Å²) in [5.41, 5.74) is 0. The van der Waals surface area contributed by atoms with Gasteiger partial charge in [0.25, 0.3) is 0 Å². The molecule has 0 aliphatic heterocycles. The highest BCUT2D eigenvalue weighted by Crippen LogP contribution is 2.13. The van der Waals surface area contributed by atoms with Gasteiger partial charge in [0, 0.05) is 12.8 Å². The molecule has 0 aromatic rings. The van der Waals surface area contributed by atoms with Crippen LogP contribution in [-0.4, -0.2) is 36.4 Å². The molecule has 412 valence electrons. The first-order valence-electron chi connectivity index (χ1n) is 29.3. The van der Waals surface area contributed by atoms with Crippen LogP contribution in [-0.2, 0) is 19.1 Å². The lowest BCUT2D eigenvalue weighted by molar-refractivity contribution is -0.161. The molecule has 0 saturated carbocycles. The van der Waals surface area contributed by atoms with Crippen molar-refractivity contribution in [3.05, 3.63) is 182 Å². The summed E-state index contributed by atoms with van der Waals surface area (Å²) in [6.45, 7) is 3.87. The van der Waals surface area contributed by atoms with E-state index in [1.165, 1.54) is 32.1 Å². The zero-order valence-corrected chi connectivity index (χ0v) is 47.0. The molecule has 1 atom stereocenters. The Morgan fingerprint density at radius 2 is 0.541 bits per heavy atom. The largest absolute Gasteiger partial charge is 0.462 e.